The molecular formula is C57H57FN8O8S. The zero-order chi connectivity index (χ0) is 51.9. The summed E-state index contributed by atoms with van der Waals surface area (Å²) in [5.74, 6) is -2.61. The van der Waals surface area contributed by atoms with Crippen LogP contribution in [-0.2, 0) is 22.6 Å². The number of piperidine rings is 1. The molecule has 386 valence electrons. The third-order valence-electron chi connectivity index (χ3n) is 15.7. The molecule has 1 saturated carbocycles. The van der Waals surface area contributed by atoms with Gasteiger partial charge in [-0.2, -0.15) is 0 Å². The van der Waals surface area contributed by atoms with Crippen LogP contribution in [0.15, 0.2) is 84.9 Å². The third-order valence-corrected chi connectivity index (χ3v) is 16.6. The maximum atomic E-state index is 15.5. The molecule has 1 aliphatic carbocycles. The van der Waals surface area contributed by atoms with Crippen LogP contribution in [0.3, 0.4) is 0 Å². The van der Waals surface area contributed by atoms with E-state index in [9.17, 15) is 33.9 Å². The first-order valence-electron chi connectivity index (χ1n) is 25.9. The van der Waals surface area contributed by atoms with Crippen molar-refractivity contribution in [3.63, 3.8) is 0 Å². The van der Waals surface area contributed by atoms with Crippen molar-refractivity contribution in [2.24, 2.45) is 5.92 Å². The number of carbonyl (C=O) groups is 6. The molecule has 6 heterocycles. The molecule has 18 heteroatoms. The lowest BCUT2D eigenvalue weighted by Gasteiger charge is -2.36. The van der Waals surface area contributed by atoms with Crippen molar-refractivity contribution in [1.29, 1.82) is 0 Å². The van der Waals surface area contributed by atoms with E-state index in [1.807, 2.05) is 89.5 Å². The Morgan fingerprint density at radius 3 is 2.35 bits per heavy atom. The van der Waals surface area contributed by atoms with Gasteiger partial charge in [0.15, 0.2) is 10.8 Å². The normalized spacial score (nSPS) is 20.0. The van der Waals surface area contributed by atoms with Crippen LogP contribution >= 0.6 is 11.3 Å². The van der Waals surface area contributed by atoms with Crippen LogP contribution in [-0.4, -0.2) is 112 Å². The molecule has 0 spiro atoms. The number of benzene rings is 4. The number of rotatable bonds is 14. The number of anilines is 3. The molecule has 4 aromatic carbocycles. The number of nitrogens with zero attached hydrogens (tertiary/aromatic N) is 6. The Bertz CT molecular complexity index is 3240. The summed E-state index contributed by atoms with van der Waals surface area (Å²) in [5.41, 5.74) is 5.67. The van der Waals surface area contributed by atoms with E-state index in [0.29, 0.717) is 60.6 Å². The van der Waals surface area contributed by atoms with Crippen LogP contribution < -0.4 is 25.2 Å². The van der Waals surface area contributed by atoms with E-state index in [2.05, 4.69) is 20.5 Å². The summed E-state index contributed by atoms with van der Waals surface area (Å²) in [6, 6.07) is 24.4. The maximum absolute atomic E-state index is 15.5. The molecule has 11 rings (SSSR count). The first-order chi connectivity index (χ1) is 36.4. The van der Waals surface area contributed by atoms with Crippen molar-refractivity contribution in [2.45, 2.75) is 89.8 Å². The molecule has 2 saturated heterocycles. The fraction of sp³-hybridized carbons (Fsp3) is 0.368. The summed E-state index contributed by atoms with van der Waals surface area (Å²) in [6.07, 6.45) is 8.07. The van der Waals surface area contributed by atoms with E-state index in [0.717, 1.165) is 114 Å². The van der Waals surface area contributed by atoms with E-state index < -0.39 is 41.5 Å². The lowest BCUT2D eigenvalue weighted by atomic mass is 9.84. The number of thiazole rings is 1. The number of hydrogen-bond acceptors (Lipinski definition) is 13. The molecule has 2 aromatic heterocycles. The fourth-order valence-corrected chi connectivity index (χ4v) is 12.4. The largest absolute Gasteiger partial charge is 0.490 e. The quantitative estimate of drug-likeness (QED) is 0.0694. The van der Waals surface area contributed by atoms with E-state index in [4.69, 9.17) is 9.72 Å². The number of aromatic nitrogens is 2. The molecule has 1 atom stereocenters. The topological polar surface area (TPSA) is 195 Å². The minimum Gasteiger partial charge on any atom is -0.490 e. The standard InChI is InChI=1S/C57H57FN8O8S/c1-33-37(38-19-21-49(60-51(38)56(72)73)65-25-23-35-9-6-11-39(42(35)32-65)52(68)62-57-59-44-12-2-3-14-48(44)75-57)10-7-13-47(33)74-36-17-15-34(16-18-36)8-4-5-24-63-26-28-64(29-27-63)46-31-41-40(30-43(46)58)54(70)66(55(41)71)45-20-22-50(67)61-53(45)69/h2-3,6-7,9-14,19,21,30-31,34,36,45H,4-5,8,15-18,20,22-29,32H2,1H3,(H,72,73)(H,59,62,68)(H,61,67,69)/t34-,36-,45?. The maximum Gasteiger partial charge on any atom is 0.355 e. The second-order valence-corrected chi connectivity index (χ2v) is 21.3. The van der Waals surface area contributed by atoms with Gasteiger partial charge < -0.3 is 19.6 Å². The number of nitrogens with one attached hydrogen (secondary N) is 2. The van der Waals surface area contributed by atoms with Gasteiger partial charge in [-0.3, -0.25) is 44.4 Å². The Hall–Kier alpha value is -7.57. The average molecular weight is 1030 g/mol. The van der Waals surface area contributed by atoms with Gasteiger partial charge in [-0.1, -0.05) is 60.6 Å². The van der Waals surface area contributed by atoms with E-state index in [1.54, 1.807) is 0 Å². The zero-order valence-electron chi connectivity index (χ0n) is 41.6. The molecule has 3 fully saturated rings. The summed E-state index contributed by atoms with van der Waals surface area (Å²) in [5, 5.41) is 16.2. The molecule has 0 radical (unpaired) electrons. The lowest BCUT2D eigenvalue weighted by Crippen LogP contribution is -2.54. The molecule has 0 bridgehead atoms. The lowest BCUT2D eigenvalue weighted by molar-refractivity contribution is -0.136. The highest BCUT2D eigenvalue weighted by Gasteiger charge is 2.45. The number of ether oxygens (including phenoxy) is 1. The summed E-state index contributed by atoms with van der Waals surface area (Å²) in [4.78, 5) is 93.7. The molecule has 6 aromatic rings. The molecule has 4 aliphatic heterocycles. The Balaban J connectivity index is 0.647. The van der Waals surface area contributed by atoms with E-state index in [1.165, 1.54) is 17.4 Å². The smallest absolute Gasteiger partial charge is 0.355 e. The van der Waals surface area contributed by atoms with Gasteiger partial charge in [0.1, 0.15) is 23.4 Å². The number of fused-ring (bicyclic) bond motifs is 3. The van der Waals surface area contributed by atoms with Crippen molar-refractivity contribution >= 4 is 73.7 Å². The molecule has 3 N–H and O–H groups in total. The van der Waals surface area contributed by atoms with E-state index >= 15 is 4.39 Å². The number of amides is 5. The Morgan fingerprint density at radius 2 is 1.57 bits per heavy atom. The number of imide groups is 2. The Labute approximate surface area is 436 Å². The molecule has 1 unspecified atom stereocenters. The van der Waals surface area contributed by atoms with Gasteiger partial charge in [-0.15, -0.1) is 0 Å². The summed E-state index contributed by atoms with van der Waals surface area (Å²) in [7, 11) is 0. The van der Waals surface area contributed by atoms with Crippen LogP contribution in [0.2, 0.25) is 0 Å². The van der Waals surface area contributed by atoms with Gasteiger partial charge >= 0.3 is 5.97 Å². The van der Waals surface area contributed by atoms with Crippen LogP contribution in [0.1, 0.15) is 116 Å². The molecule has 16 nitrogen and oxygen atoms in total. The Kier molecular flexibility index (Phi) is 13.9. The number of hydrogen-bond donors (Lipinski definition) is 3. The number of aromatic carboxylic acids is 1. The minimum absolute atomic E-state index is 0.0128. The highest BCUT2D eigenvalue weighted by atomic mass is 32.1. The third kappa shape index (κ3) is 10.1. The molecule has 75 heavy (non-hydrogen) atoms. The number of unbranched alkanes of at least 4 members (excludes halogenated alkanes) is 1. The van der Waals surface area contributed by atoms with Crippen LogP contribution in [0.25, 0.3) is 21.3 Å². The van der Waals surface area contributed by atoms with Crippen LogP contribution in [0.4, 0.5) is 21.0 Å². The summed E-state index contributed by atoms with van der Waals surface area (Å²) in [6.45, 7) is 6.52. The number of carboxylic acids is 1. The van der Waals surface area contributed by atoms with Crippen molar-refractivity contribution < 1.29 is 43.0 Å². The Morgan fingerprint density at radius 1 is 0.800 bits per heavy atom. The van der Waals surface area contributed by atoms with E-state index in [-0.39, 0.29) is 47.4 Å². The zero-order valence-corrected chi connectivity index (χ0v) is 42.4. The number of carboxylic acid groups (broad SMARTS) is 1. The number of piperazine rings is 1. The number of para-hydroxylation sites is 1. The minimum atomic E-state index is -1.13. The number of carbonyl (C=O) groups excluding carboxylic acids is 5. The first-order valence-corrected chi connectivity index (χ1v) is 26.7. The van der Waals surface area contributed by atoms with Crippen LogP contribution in [0.5, 0.6) is 5.75 Å². The van der Waals surface area contributed by atoms with Crippen molar-refractivity contribution in [3.05, 3.63) is 130 Å². The van der Waals surface area contributed by atoms with Crippen molar-refractivity contribution in [2.75, 3.05) is 54.4 Å². The predicted molar refractivity (Wildman–Crippen MR) is 282 cm³/mol. The second kappa shape index (κ2) is 21.0. The second-order valence-electron chi connectivity index (χ2n) is 20.2. The van der Waals surface area contributed by atoms with Gasteiger partial charge in [0.05, 0.1) is 33.1 Å². The first kappa shape index (κ1) is 49.6. The predicted octanol–water partition coefficient (Wildman–Crippen LogP) is 8.65. The van der Waals surface area contributed by atoms with Gasteiger partial charge in [0.25, 0.3) is 17.7 Å². The monoisotopic (exact) mass is 1030 g/mol. The van der Waals surface area contributed by atoms with Gasteiger partial charge in [-0.05, 0) is 135 Å². The number of halogens is 1. The van der Waals surface area contributed by atoms with Crippen molar-refractivity contribution in [1.82, 2.24) is 25.1 Å². The molecular weight excluding hydrogens is 976 g/mol. The van der Waals surface area contributed by atoms with Crippen molar-refractivity contribution in [3.8, 4) is 16.9 Å². The van der Waals surface area contributed by atoms with Gasteiger partial charge in [0.2, 0.25) is 11.8 Å². The highest BCUT2D eigenvalue weighted by Crippen LogP contribution is 2.38. The summed E-state index contributed by atoms with van der Waals surface area (Å²) >= 11 is 1.42. The van der Waals surface area contributed by atoms with Gasteiger partial charge in [0, 0.05) is 56.8 Å². The fourth-order valence-electron chi connectivity index (χ4n) is 11.5. The summed E-state index contributed by atoms with van der Waals surface area (Å²) < 4.78 is 23.1. The van der Waals surface area contributed by atoms with Gasteiger partial charge in [-0.25, -0.2) is 19.2 Å². The van der Waals surface area contributed by atoms with Crippen LogP contribution in [0, 0.1) is 18.7 Å². The molecule has 5 amide bonds. The average Bonchev–Trinajstić information content (AvgIpc) is 3.94. The molecule has 5 aliphatic rings. The number of pyridine rings is 1. The highest BCUT2D eigenvalue weighted by molar-refractivity contribution is 7.22. The SMILES string of the molecule is Cc1c(O[C@H]2CC[C@H](CCCCN3CCN(c4cc5c(cc4F)C(=O)N(C4CCC(=O)NC4=O)C5=O)CC3)CC2)cccc1-c1ccc(N2CCc3cccc(C(=O)Nc4nc5ccccc5s4)c3C2)nc1C(=O)O.